The molecule has 0 bridgehead atoms. The van der Waals surface area contributed by atoms with Crippen LogP contribution in [0.3, 0.4) is 0 Å². The molecule has 1 aliphatic rings. The number of carbonyl (C=O) groups is 2. The van der Waals surface area contributed by atoms with Crippen LogP contribution in [0.25, 0.3) is 0 Å². The third kappa shape index (κ3) is 2.85. The lowest BCUT2D eigenvalue weighted by Gasteiger charge is -2.26. The highest BCUT2D eigenvalue weighted by Gasteiger charge is 2.23. The molecule has 0 atom stereocenters. The molecule has 5 nitrogen and oxygen atoms in total. The molecule has 118 valence electrons. The molecular formula is C16H12F2N2O3. The number of anilines is 2. The highest BCUT2D eigenvalue weighted by Crippen LogP contribution is 2.32. The minimum absolute atomic E-state index is 0.0597. The Morgan fingerprint density at radius 3 is 2.74 bits per heavy atom. The summed E-state index contributed by atoms with van der Waals surface area (Å²) in [4.78, 5) is 25.2. The van der Waals surface area contributed by atoms with Gasteiger partial charge in [-0.15, -0.1) is 0 Å². The van der Waals surface area contributed by atoms with Crippen LogP contribution in [0.1, 0.15) is 10.4 Å². The lowest BCUT2D eigenvalue weighted by Crippen LogP contribution is -2.35. The van der Waals surface area contributed by atoms with Crippen molar-refractivity contribution in [2.45, 2.75) is 0 Å². The molecule has 2 amide bonds. The molecule has 0 aliphatic carbocycles. The van der Waals surface area contributed by atoms with Crippen LogP contribution in [0, 0.1) is 11.6 Å². The van der Waals surface area contributed by atoms with Gasteiger partial charge in [-0.05, 0) is 30.3 Å². The van der Waals surface area contributed by atoms with Crippen molar-refractivity contribution in [2.24, 2.45) is 0 Å². The predicted octanol–water partition coefficient (Wildman–Crippen LogP) is 2.57. The van der Waals surface area contributed by atoms with Crippen LogP contribution in [0.15, 0.2) is 36.4 Å². The zero-order valence-corrected chi connectivity index (χ0v) is 12.1. The number of hydrogen-bond donors (Lipinski definition) is 1. The van der Waals surface area contributed by atoms with Gasteiger partial charge >= 0.3 is 0 Å². The molecule has 1 N–H and O–H groups in total. The van der Waals surface area contributed by atoms with Crippen molar-refractivity contribution < 1.29 is 23.1 Å². The Balaban J connectivity index is 1.87. The summed E-state index contributed by atoms with van der Waals surface area (Å²) < 4.78 is 31.7. The van der Waals surface area contributed by atoms with Gasteiger partial charge in [0.1, 0.15) is 17.4 Å². The molecule has 1 heterocycles. The van der Waals surface area contributed by atoms with Crippen LogP contribution in [0.2, 0.25) is 0 Å². The number of amides is 2. The number of nitrogens with one attached hydrogen (secondary N) is 1. The van der Waals surface area contributed by atoms with E-state index in [1.165, 1.54) is 17.0 Å². The summed E-state index contributed by atoms with van der Waals surface area (Å²) in [6.45, 7) is -0.0597. The molecule has 23 heavy (non-hydrogen) atoms. The Morgan fingerprint density at radius 2 is 2.00 bits per heavy atom. The minimum atomic E-state index is -0.869. The summed E-state index contributed by atoms with van der Waals surface area (Å²) >= 11 is 0. The second-order valence-corrected chi connectivity index (χ2v) is 5.00. The van der Waals surface area contributed by atoms with Gasteiger partial charge in [0.25, 0.3) is 11.8 Å². The van der Waals surface area contributed by atoms with Gasteiger partial charge in [-0.25, -0.2) is 8.78 Å². The van der Waals surface area contributed by atoms with E-state index in [9.17, 15) is 18.4 Å². The third-order valence-corrected chi connectivity index (χ3v) is 3.49. The van der Waals surface area contributed by atoms with E-state index in [1.54, 1.807) is 13.1 Å². The van der Waals surface area contributed by atoms with E-state index in [1.807, 2.05) is 0 Å². The highest BCUT2D eigenvalue weighted by molar-refractivity contribution is 6.06. The van der Waals surface area contributed by atoms with Gasteiger partial charge in [-0.2, -0.15) is 0 Å². The van der Waals surface area contributed by atoms with Crippen molar-refractivity contribution in [1.82, 2.24) is 0 Å². The SMILES string of the molecule is CN1C(=O)COc2ccc(C(=O)Nc3ccc(F)cc3F)cc21. The quantitative estimate of drug-likeness (QED) is 0.926. The minimum Gasteiger partial charge on any atom is -0.482 e. The third-order valence-electron chi connectivity index (χ3n) is 3.49. The van der Waals surface area contributed by atoms with Crippen LogP contribution < -0.4 is 15.0 Å². The summed E-state index contributed by atoms with van der Waals surface area (Å²) in [5, 5.41) is 2.36. The normalized spacial score (nSPS) is 13.3. The molecule has 0 aromatic heterocycles. The van der Waals surface area contributed by atoms with Gasteiger partial charge in [0.15, 0.2) is 6.61 Å². The Labute approximate surface area is 130 Å². The fraction of sp³-hybridized carbons (Fsp3) is 0.125. The van der Waals surface area contributed by atoms with Crippen LogP contribution in [0.5, 0.6) is 5.75 Å². The fourth-order valence-corrected chi connectivity index (χ4v) is 2.20. The summed E-state index contributed by atoms with van der Waals surface area (Å²) in [7, 11) is 1.57. The zero-order chi connectivity index (χ0) is 16.6. The smallest absolute Gasteiger partial charge is 0.264 e. The molecule has 0 saturated carbocycles. The van der Waals surface area contributed by atoms with Gasteiger partial charge in [0.2, 0.25) is 0 Å². The van der Waals surface area contributed by atoms with E-state index in [4.69, 9.17) is 4.74 Å². The highest BCUT2D eigenvalue weighted by atomic mass is 19.1. The average molecular weight is 318 g/mol. The maximum atomic E-state index is 13.6. The Kier molecular flexibility index (Phi) is 3.69. The number of hydrogen-bond acceptors (Lipinski definition) is 3. The molecule has 0 saturated heterocycles. The molecule has 1 aliphatic heterocycles. The lowest BCUT2D eigenvalue weighted by atomic mass is 10.1. The molecule has 3 rings (SSSR count). The molecule has 2 aromatic rings. The number of nitrogens with zero attached hydrogens (tertiary/aromatic N) is 1. The number of halogens is 2. The standard InChI is InChI=1S/C16H12F2N2O3/c1-20-13-6-9(2-5-14(13)23-8-15(20)21)16(22)19-12-4-3-10(17)7-11(12)18/h2-7H,8H2,1H3,(H,19,22). The first-order valence-electron chi connectivity index (χ1n) is 6.75. The van der Waals surface area contributed by atoms with E-state index in [2.05, 4.69) is 5.32 Å². The first-order valence-corrected chi connectivity index (χ1v) is 6.75. The van der Waals surface area contributed by atoms with Crippen molar-refractivity contribution in [3.8, 4) is 5.75 Å². The molecule has 0 unspecified atom stereocenters. The van der Waals surface area contributed by atoms with Gasteiger partial charge in [-0.3, -0.25) is 9.59 Å². The summed E-state index contributed by atoms with van der Waals surface area (Å²) in [5.41, 5.74) is 0.543. The van der Waals surface area contributed by atoms with Crippen LogP contribution >= 0.6 is 0 Å². The van der Waals surface area contributed by atoms with E-state index in [0.29, 0.717) is 17.5 Å². The predicted molar refractivity (Wildman–Crippen MR) is 79.7 cm³/mol. The number of rotatable bonds is 2. The van der Waals surface area contributed by atoms with Crippen molar-refractivity contribution in [1.29, 1.82) is 0 Å². The largest absolute Gasteiger partial charge is 0.482 e. The number of carbonyl (C=O) groups excluding carboxylic acids is 2. The topological polar surface area (TPSA) is 58.6 Å². The average Bonchev–Trinajstić information content (AvgIpc) is 2.53. The first-order chi connectivity index (χ1) is 11.0. The fourth-order valence-electron chi connectivity index (χ4n) is 2.20. The van der Waals surface area contributed by atoms with Gasteiger partial charge < -0.3 is 15.0 Å². The first kappa shape index (κ1) is 15.0. The zero-order valence-electron chi connectivity index (χ0n) is 12.1. The number of benzene rings is 2. The van der Waals surface area contributed by atoms with Crippen molar-refractivity contribution >= 4 is 23.2 Å². The van der Waals surface area contributed by atoms with Gasteiger partial charge in [-0.1, -0.05) is 0 Å². The maximum absolute atomic E-state index is 13.6. The van der Waals surface area contributed by atoms with Crippen LogP contribution in [-0.4, -0.2) is 25.5 Å². The summed E-state index contributed by atoms with van der Waals surface area (Å²) in [5.74, 6) is -1.93. The molecule has 0 spiro atoms. The molecule has 7 heteroatoms. The second-order valence-electron chi connectivity index (χ2n) is 5.00. The Bertz CT molecular complexity index is 808. The molecular weight excluding hydrogens is 306 g/mol. The van der Waals surface area contributed by atoms with Crippen molar-refractivity contribution in [3.63, 3.8) is 0 Å². The van der Waals surface area contributed by atoms with Crippen molar-refractivity contribution in [2.75, 3.05) is 23.9 Å². The summed E-state index contributed by atoms with van der Waals surface area (Å²) in [6, 6.07) is 7.41. The van der Waals surface area contributed by atoms with Gasteiger partial charge in [0.05, 0.1) is 11.4 Å². The van der Waals surface area contributed by atoms with E-state index < -0.39 is 17.5 Å². The van der Waals surface area contributed by atoms with Crippen LogP contribution in [-0.2, 0) is 4.79 Å². The van der Waals surface area contributed by atoms with Gasteiger partial charge in [0, 0.05) is 18.7 Å². The Hall–Kier alpha value is -2.96. The maximum Gasteiger partial charge on any atom is 0.264 e. The van der Waals surface area contributed by atoms with Crippen molar-refractivity contribution in [3.05, 3.63) is 53.6 Å². The monoisotopic (exact) mass is 318 g/mol. The number of likely N-dealkylation sites (N-methyl/N-ethyl adjacent to an activating group) is 1. The van der Waals surface area contributed by atoms with E-state index in [0.717, 1.165) is 12.1 Å². The summed E-state index contributed by atoms with van der Waals surface area (Å²) in [6.07, 6.45) is 0. The van der Waals surface area contributed by atoms with E-state index >= 15 is 0 Å². The van der Waals surface area contributed by atoms with Crippen LogP contribution in [0.4, 0.5) is 20.2 Å². The second kappa shape index (κ2) is 5.68. The molecule has 2 aromatic carbocycles. The molecule has 0 fully saturated rings. The number of fused-ring (bicyclic) bond motifs is 1. The number of ether oxygens (including phenoxy) is 1. The molecule has 0 radical (unpaired) electrons. The Morgan fingerprint density at radius 1 is 1.22 bits per heavy atom. The van der Waals surface area contributed by atoms with E-state index in [-0.39, 0.29) is 23.8 Å². The lowest BCUT2D eigenvalue weighted by molar-refractivity contribution is -0.120.